The van der Waals surface area contributed by atoms with Crippen molar-refractivity contribution in [3.05, 3.63) is 59.8 Å². The number of ether oxygens (including phenoxy) is 1. The number of halogens is 3. The van der Waals surface area contributed by atoms with Crippen LogP contribution in [-0.2, 0) is 6.18 Å². The van der Waals surface area contributed by atoms with Crippen LogP contribution in [0.25, 0.3) is 0 Å². The van der Waals surface area contributed by atoms with Crippen molar-refractivity contribution in [1.82, 2.24) is 15.6 Å². The molecule has 0 fully saturated rings. The number of aliphatic hydroxyl groups excluding tert-OH is 1. The summed E-state index contributed by atoms with van der Waals surface area (Å²) in [5, 5.41) is 15.7. The smallest absolute Gasteiger partial charge is 0.417 e. The number of guanidine groups is 1. The lowest BCUT2D eigenvalue weighted by atomic mass is 10.0. The quantitative estimate of drug-likeness (QED) is 0.363. The maximum Gasteiger partial charge on any atom is 0.417 e. The van der Waals surface area contributed by atoms with Gasteiger partial charge in [0.1, 0.15) is 6.61 Å². The molecule has 0 spiro atoms. The van der Waals surface area contributed by atoms with E-state index in [-0.39, 0.29) is 25.0 Å². The molecule has 28 heavy (non-hydrogen) atoms. The van der Waals surface area contributed by atoms with Crippen molar-refractivity contribution < 1.29 is 23.0 Å². The van der Waals surface area contributed by atoms with E-state index >= 15 is 0 Å². The van der Waals surface area contributed by atoms with Crippen molar-refractivity contribution in [2.75, 3.05) is 33.4 Å². The van der Waals surface area contributed by atoms with Crippen LogP contribution in [0.3, 0.4) is 0 Å². The van der Waals surface area contributed by atoms with Crippen LogP contribution in [0, 0.1) is 0 Å². The molecule has 0 aliphatic carbocycles. The number of nitrogens with one attached hydrogen (secondary N) is 2. The molecule has 1 aromatic carbocycles. The highest BCUT2D eigenvalue weighted by atomic mass is 19.4. The van der Waals surface area contributed by atoms with Gasteiger partial charge in [0, 0.05) is 31.8 Å². The molecule has 0 amide bonds. The van der Waals surface area contributed by atoms with Gasteiger partial charge in [-0.25, -0.2) is 4.98 Å². The Balaban J connectivity index is 1.73. The minimum atomic E-state index is -4.42. The van der Waals surface area contributed by atoms with E-state index in [9.17, 15) is 18.3 Å². The average molecular weight is 396 g/mol. The molecule has 1 atom stereocenters. The number of hydrogen-bond acceptors (Lipinski definition) is 4. The van der Waals surface area contributed by atoms with Crippen molar-refractivity contribution in [3.8, 4) is 5.88 Å². The second-order valence-corrected chi connectivity index (χ2v) is 5.90. The largest absolute Gasteiger partial charge is 0.476 e. The molecule has 1 heterocycles. The minimum Gasteiger partial charge on any atom is -0.476 e. The van der Waals surface area contributed by atoms with Crippen LogP contribution in [0.15, 0.2) is 53.7 Å². The van der Waals surface area contributed by atoms with Crippen LogP contribution in [-0.4, -0.2) is 49.4 Å². The van der Waals surface area contributed by atoms with Crippen LogP contribution < -0.4 is 15.4 Å². The van der Waals surface area contributed by atoms with E-state index < -0.39 is 11.7 Å². The first-order valence-electron chi connectivity index (χ1n) is 8.70. The molecule has 0 bridgehead atoms. The molecular formula is C19H23F3N4O2. The molecular weight excluding hydrogens is 373 g/mol. The number of pyridine rings is 1. The molecule has 0 radical (unpaired) electrons. The highest BCUT2D eigenvalue weighted by Gasteiger charge is 2.30. The van der Waals surface area contributed by atoms with Crippen molar-refractivity contribution in [1.29, 1.82) is 0 Å². The second-order valence-electron chi connectivity index (χ2n) is 5.90. The lowest BCUT2D eigenvalue weighted by Gasteiger charge is -2.18. The fourth-order valence-corrected chi connectivity index (χ4v) is 2.41. The van der Waals surface area contributed by atoms with Gasteiger partial charge in [0.05, 0.1) is 18.7 Å². The molecule has 0 aliphatic heterocycles. The zero-order chi connectivity index (χ0) is 20.4. The molecule has 1 aromatic heterocycles. The Kier molecular flexibility index (Phi) is 8.06. The standard InChI is InChI=1S/C19H23F3N4O2/c1-23-18(26-11-15(13-27)14-5-3-2-4-6-14)24-9-10-28-17-8-7-16(12-25-17)19(20,21)22/h2-8,12,15,27H,9-11,13H2,1H3,(H2,23,24,26). The molecule has 0 saturated carbocycles. The zero-order valence-corrected chi connectivity index (χ0v) is 15.4. The number of hydrogen-bond donors (Lipinski definition) is 3. The number of nitrogens with zero attached hydrogens (tertiary/aromatic N) is 2. The predicted octanol–water partition coefficient (Wildman–Crippen LogP) is 2.42. The molecule has 0 saturated heterocycles. The van der Waals surface area contributed by atoms with E-state index in [1.54, 1.807) is 7.05 Å². The van der Waals surface area contributed by atoms with E-state index in [0.29, 0.717) is 19.0 Å². The number of aromatic nitrogens is 1. The van der Waals surface area contributed by atoms with Gasteiger partial charge in [-0.1, -0.05) is 30.3 Å². The molecule has 6 nitrogen and oxygen atoms in total. The van der Waals surface area contributed by atoms with Crippen molar-refractivity contribution >= 4 is 5.96 Å². The van der Waals surface area contributed by atoms with Gasteiger partial charge < -0.3 is 20.5 Å². The van der Waals surface area contributed by atoms with E-state index in [1.807, 2.05) is 30.3 Å². The molecule has 9 heteroatoms. The first kappa shape index (κ1) is 21.5. The summed E-state index contributed by atoms with van der Waals surface area (Å²) in [6.45, 7) is 1.05. The van der Waals surface area contributed by atoms with Gasteiger partial charge in [-0.15, -0.1) is 0 Å². The predicted molar refractivity (Wildman–Crippen MR) is 100 cm³/mol. The first-order valence-corrected chi connectivity index (χ1v) is 8.70. The summed E-state index contributed by atoms with van der Waals surface area (Å²) in [5.41, 5.74) is 0.198. The summed E-state index contributed by atoms with van der Waals surface area (Å²) in [6, 6.07) is 11.7. The van der Waals surface area contributed by atoms with Crippen LogP contribution in [0.4, 0.5) is 13.2 Å². The van der Waals surface area contributed by atoms with Gasteiger partial charge in [-0.3, -0.25) is 4.99 Å². The van der Waals surface area contributed by atoms with Crippen LogP contribution in [0.1, 0.15) is 17.0 Å². The lowest BCUT2D eigenvalue weighted by Crippen LogP contribution is -2.41. The number of aliphatic hydroxyl groups is 1. The Labute approximate surface area is 161 Å². The summed E-state index contributed by atoms with van der Waals surface area (Å²) in [4.78, 5) is 7.73. The van der Waals surface area contributed by atoms with Gasteiger partial charge in [0.2, 0.25) is 5.88 Å². The normalized spacial score (nSPS) is 13.1. The number of alkyl halides is 3. The topological polar surface area (TPSA) is 78.8 Å². The molecule has 3 N–H and O–H groups in total. The van der Waals surface area contributed by atoms with E-state index in [0.717, 1.165) is 17.8 Å². The minimum absolute atomic E-state index is 0.00326. The first-order chi connectivity index (χ1) is 13.4. The van der Waals surface area contributed by atoms with Gasteiger partial charge >= 0.3 is 6.18 Å². The van der Waals surface area contributed by atoms with Crippen molar-refractivity contribution in [2.45, 2.75) is 12.1 Å². The van der Waals surface area contributed by atoms with Gasteiger partial charge in [0.15, 0.2) is 5.96 Å². The van der Waals surface area contributed by atoms with Crippen LogP contribution in [0.2, 0.25) is 0 Å². The van der Waals surface area contributed by atoms with Gasteiger partial charge in [-0.05, 0) is 11.6 Å². The molecule has 2 rings (SSSR count). The monoisotopic (exact) mass is 396 g/mol. The van der Waals surface area contributed by atoms with Crippen molar-refractivity contribution in [2.24, 2.45) is 4.99 Å². The van der Waals surface area contributed by atoms with Crippen LogP contribution >= 0.6 is 0 Å². The molecule has 152 valence electrons. The van der Waals surface area contributed by atoms with Crippen LogP contribution in [0.5, 0.6) is 5.88 Å². The lowest BCUT2D eigenvalue weighted by molar-refractivity contribution is -0.137. The SMILES string of the molecule is CN=C(NCCOc1ccc(C(F)(F)F)cn1)NCC(CO)c1ccccc1. The fourth-order valence-electron chi connectivity index (χ4n) is 2.41. The average Bonchev–Trinajstić information content (AvgIpc) is 2.70. The Bertz CT molecular complexity index is 737. The van der Waals surface area contributed by atoms with E-state index in [1.165, 1.54) is 6.07 Å². The third kappa shape index (κ3) is 6.73. The summed E-state index contributed by atoms with van der Waals surface area (Å²) in [5.74, 6) is 0.563. The van der Waals surface area contributed by atoms with Crippen molar-refractivity contribution in [3.63, 3.8) is 0 Å². The van der Waals surface area contributed by atoms with E-state index in [4.69, 9.17) is 4.74 Å². The Morgan fingerprint density at radius 1 is 1.18 bits per heavy atom. The number of benzene rings is 1. The Morgan fingerprint density at radius 3 is 2.50 bits per heavy atom. The summed E-state index contributed by atoms with van der Waals surface area (Å²) in [7, 11) is 1.62. The number of rotatable bonds is 8. The second kappa shape index (κ2) is 10.5. The maximum atomic E-state index is 12.5. The zero-order valence-electron chi connectivity index (χ0n) is 15.4. The summed E-state index contributed by atoms with van der Waals surface area (Å²) in [6.07, 6.45) is -3.68. The highest BCUT2D eigenvalue weighted by molar-refractivity contribution is 5.79. The molecule has 0 aliphatic rings. The Hall–Kier alpha value is -2.81. The van der Waals surface area contributed by atoms with E-state index in [2.05, 4.69) is 20.6 Å². The fraction of sp³-hybridized carbons (Fsp3) is 0.368. The van der Waals surface area contributed by atoms with Gasteiger partial charge in [0.25, 0.3) is 0 Å². The van der Waals surface area contributed by atoms with Gasteiger partial charge in [-0.2, -0.15) is 13.2 Å². The third-order valence-corrected chi connectivity index (χ3v) is 3.94. The summed E-state index contributed by atoms with van der Waals surface area (Å²) >= 11 is 0. The molecule has 2 aromatic rings. The number of aliphatic imine (C=N–C) groups is 1. The Morgan fingerprint density at radius 2 is 1.93 bits per heavy atom. The third-order valence-electron chi connectivity index (χ3n) is 3.94. The summed E-state index contributed by atoms with van der Waals surface area (Å²) < 4.78 is 42.8. The molecule has 1 unspecified atom stereocenters. The maximum absolute atomic E-state index is 12.5. The highest BCUT2D eigenvalue weighted by Crippen LogP contribution is 2.29.